The van der Waals surface area contributed by atoms with Crippen molar-refractivity contribution in [3.05, 3.63) is 65.3 Å². The summed E-state index contributed by atoms with van der Waals surface area (Å²) in [6, 6.07) is 13.9. The lowest BCUT2D eigenvalue weighted by atomic mass is 10.2. The molecule has 0 saturated carbocycles. The van der Waals surface area contributed by atoms with Gasteiger partial charge in [-0.05, 0) is 68.4 Å². The SMILES string of the molecule is CCOc1ccc(NS(=O)(=O)c2cc(-c3nc(-c4ccc(F)cc4)no3)sc2C)cc1. The van der Waals surface area contributed by atoms with Crippen molar-refractivity contribution >= 4 is 27.0 Å². The summed E-state index contributed by atoms with van der Waals surface area (Å²) in [6.07, 6.45) is 0. The Kier molecular flexibility index (Phi) is 5.75. The van der Waals surface area contributed by atoms with Gasteiger partial charge in [0, 0.05) is 16.1 Å². The molecule has 10 heteroatoms. The van der Waals surface area contributed by atoms with E-state index in [1.165, 1.54) is 29.5 Å². The second-order valence-corrected chi connectivity index (χ2v) is 9.43. The molecule has 0 atom stereocenters. The topological polar surface area (TPSA) is 94.3 Å². The highest BCUT2D eigenvalue weighted by Gasteiger charge is 2.23. The van der Waals surface area contributed by atoms with E-state index in [0.29, 0.717) is 33.4 Å². The fraction of sp³-hybridized carbons (Fsp3) is 0.143. The summed E-state index contributed by atoms with van der Waals surface area (Å²) >= 11 is 1.23. The third-order valence-corrected chi connectivity index (χ3v) is 6.99. The van der Waals surface area contributed by atoms with E-state index in [0.717, 1.165) is 0 Å². The van der Waals surface area contributed by atoms with E-state index in [9.17, 15) is 12.8 Å². The molecule has 0 amide bonds. The summed E-state index contributed by atoms with van der Waals surface area (Å²) in [6.45, 7) is 4.11. The standard InChI is InChI=1S/C21H18FN3O4S2/c1-3-28-17-10-8-16(9-11-17)25-31(26,27)19-12-18(30-13(19)2)21-23-20(24-29-21)14-4-6-15(22)7-5-14/h4-12,25H,3H2,1-2H3. The molecule has 160 valence electrons. The average molecular weight is 460 g/mol. The van der Waals surface area contributed by atoms with Crippen LogP contribution in [0.4, 0.5) is 10.1 Å². The van der Waals surface area contributed by atoms with Crippen molar-refractivity contribution in [2.24, 2.45) is 0 Å². The van der Waals surface area contributed by atoms with Crippen LogP contribution in [0.5, 0.6) is 5.75 Å². The lowest BCUT2D eigenvalue weighted by molar-refractivity contribution is 0.340. The predicted molar refractivity (Wildman–Crippen MR) is 116 cm³/mol. The molecule has 31 heavy (non-hydrogen) atoms. The number of ether oxygens (including phenoxy) is 1. The Labute approximate surface area is 182 Å². The van der Waals surface area contributed by atoms with Crippen molar-refractivity contribution < 1.29 is 22.1 Å². The van der Waals surface area contributed by atoms with Crippen molar-refractivity contribution in [1.29, 1.82) is 0 Å². The van der Waals surface area contributed by atoms with E-state index in [2.05, 4.69) is 14.9 Å². The first-order valence-electron chi connectivity index (χ1n) is 9.32. The number of rotatable bonds is 7. The molecule has 0 spiro atoms. The van der Waals surface area contributed by atoms with Crippen molar-refractivity contribution in [3.8, 4) is 27.9 Å². The first-order chi connectivity index (χ1) is 14.9. The second kappa shape index (κ2) is 8.48. The number of thiophene rings is 1. The minimum absolute atomic E-state index is 0.128. The van der Waals surface area contributed by atoms with Gasteiger partial charge in [-0.2, -0.15) is 4.98 Å². The maximum Gasteiger partial charge on any atom is 0.268 e. The van der Waals surface area contributed by atoms with E-state index >= 15 is 0 Å². The smallest absolute Gasteiger partial charge is 0.268 e. The van der Waals surface area contributed by atoms with Gasteiger partial charge in [-0.1, -0.05) is 5.16 Å². The summed E-state index contributed by atoms with van der Waals surface area (Å²) in [7, 11) is -3.82. The molecule has 1 N–H and O–H groups in total. The van der Waals surface area contributed by atoms with Gasteiger partial charge in [-0.3, -0.25) is 4.72 Å². The van der Waals surface area contributed by atoms with Gasteiger partial charge in [0.05, 0.1) is 11.5 Å². The number of sulfonamides is 1. The van der Waals surface area contributed by atoms with E-state index < -0.39 is 10.0 Å². The lowest BCUT2D eigenvalue weighted by Gasteiger charge is -2.08. The van der Waals surface area contributed by atoms with Crippen LogP contribution < -0.4 is 9.46 Å². The molecule has 2 aromatic heterocycles. The molecule has 4 rings (SSSR count). The van der Waals surface area contributed by atoms with Crippen LogP contribution in [0.2, 0.25) is 0 Å². The molecule has 0 aliphatic carbocycles. The number of hydrogen-bond donors (Lipinski definition) is 1. The zero-order valence-corrected chi connectivity index (χ0v) is 18.3. The Balaban J connectivity index is 1.57. The molecule has 0 radical (unpaired) electrons. The quantitative estimate of drug-likeness (QED) is 0.413. The van der Waals surface area contributed by atoms with Crippen LogP contribution in [0.1, 0.15) is 11.8 Å². The van der Waals surface area contributed by atoms with Gasteiger partial charge in [0.25, 0.3) is 15.9 Å². The van der Waals surface area contributed by atoms with Crippen LogP contribution in [0.15, 0.2) is 64.0 Å². The zero-order valence-electron chi connectivity index (χ0n) is 16.6. The monoisotopic (exact) mass is 459 g/mol. The molecule has 0 saturated heterocycles. The third-order valence-electron chi connectivity index (χ3n) is 4.32. The Bertz CT molecular complexity index is 1300. The Morgan fingerprint density at radius 3 is 2.52 bits per heavy atom. The first-order valence-corrected chi connectivity index (χ1v) is 11.6. The number of aromatic nitrogens is 2. The highest BCUT2D eigenvalue weighted by Crippen LogP contribution is 2.34. The molecule has 0 aliphatic heterocycles. The number of hydrogen-bond acceptors (Lipinski definition) is 7. The van der Waals surface area contributed by atoms with Gasteiger partial charge >= 0.3 is 0 Å². The highest BCUT2D eigenvalue weighted by molar-refractivity contribution is 7.93. The second-order valence-electron chi connectivity index (χ2n) is 6.52. The van der Waals surface area contributed by atoms with Crippen LogP contribution in [-0.2, 0) is 10.0 Å². The van der Waals surface area contributed by atoms with E-state index in [-0.39, 0.29) is 22.4 Å². The number of halogens is 1. The lowest BCUT2D eigenvalue weighted by Crippen LogP contribution is -2.13. The van der Waals surface area contributed by atoms with Crippen molar-refractivity contribution in [1.82, 2.24) is 10.1 Å². The molecule has 4 aromatic rings. The molecule has 0 bridgehead atoms. The van der Waals surface area contributed by atoms with Crippen LogP contribution in [-0.4, -0.2) is 25.2 Å². The van der Waals surface area contributed by atoms with Crippen LogP contribution >= 0.6 is 11.3 Å². The van der Waals surface area contributed by atoms with E-state index in [1.807, 2.05) is 6.92 Å². The van der Waals surface area contributed by atoms with Gasteiger partial charge in [-0.15, -0.1) is 11.3 Å². The number of nitrogens with zero attached hydrogens (tertiary/aromatic N) is 2. The predicted octanol–water partition coefficient (Wildman–Crippen LogP) is 5.11. The van der Waals surface area contributed by atoms with Gasteiger partial charge in [0.2, 0.25) is 5.82 Å². The molecular weight excluding hydrogens is 441 g/mol. The minimum Gasteiger partial charge on any atom is -0.494 e. The Morgan fingerprint density at radius 2 is 1.84 bits per heavy atom. The molecule has 0 unspecified atom stereocenters. The van der Waals surface area contributed by atoms with Crippen LogP contribution in [0, 0.1) is 12.7 Å². The van der Waals surface area contributed by atoms with Crippen LogP contribution in [0.25, 0.3) is 22.2 Å². The summed E-state index contributed by atoms with van der Waals surface area (Å²) in [4.78, 5) is 5.53. The highest BCUT2D eigenvalue weighted by atomic mass is 32.2. The van der Waals surface area contributed by atoms with Gasteiger partial charge in [0.1, 0.15) is 16.5 Å². The molecule has 0 aliphatic rings. The third kappa shape index (κ3) is 4.59. The number of benzene rings is 2. The fourth-order valence-corrected chi connectivity index (χ4v) is 5.45. The average Bonchev–Trinajstić information content (AvgIpc) is 3.37. The summed E-state index contributed by atoms with van der Waals surface area (Å²) < 4.78 is 52.1. The fourth-order valence-electron chi connectivity index (χ4n) is 2.87. The van der Waals surface area contributed by atoms with E-state index in [1.54, 1.807) is 43.3 Å². The van der Waals surface area contributed by atoms with E-state index in [4.69, 9.17) is 9.26 Å². The molecule has 2 heterocycles. The summed E-state index contributed by atoms with van der Waals surface area (Å²) in [5, 5.41) is 3.91. The van der Waals surface area contributed by atoms with Crippen molar-refractivity contribution in [2.45, 2.75) is 18.7 Å². The number of aryl methyl sites for hydroxylation is 1. The van der Waals surface area contributed by atoms with Crippen molar-refractivity contribution in [3.63, 3.8) is 0 Å². The molecule has 0 fully saturated rings. The number of nitrogens with one attached hydrogen (secondary N) is 1. The normalized spacial score (nSPS) is 11.5. The maximum atomic E-state index is 13.1. The Hall–Kier alpha value is -3.24. The Morgan fingerprint density at radius 1 is 1.13 bits per heavy atom. The van der Waals surface area contributed by atoms with Crippen LogP contribution in [0.3, 0.4) is 0 Å². The van der Waals surface area contributed by atoms with Gasteiger partial charge in [-0.25, -0.2) is 12.8 Å². The molecule has 2 aromatic carbocycles. The zero-order chi connectivity index (χ0) is 22.0. The molecular formula is C21H18FN3O4S2. The maximum absolute atomic E-state index is 13.1. The van der Waals surface area contributed by atoms with Crippen molar-refractivity contribution in [2.75, 3.05) is 11.3 Å². The van der Waals surface area contributed by atoms with Gasteiger partial charge in [0.15, 0.2) is 0 Å². The van der Waals surface area contributed by atoms with Gasteiger partial charge < -0.3 is 9.26 Å². The number of anilines is 1. The minimum atomic E-state index is -3.82. The first kappa shape index (κ1) is 21.0. The summed E-state index contributed by atoms with van der Waals surface area (Å²) in [5.41, 5.74) is 1.02. The molecule has 7 nitrogen and oxygen atoms in total. The largest absolute Gasteiger partial charge is 0.494 e. The summed E-state index contributed by atoms with van der Waals surface area (Å²) in [5.74, 6) is 0.775.